The first-order valence-electron chi connectivity index (χ1n) is 15.3. The number of ether oxygens (including phenoxy) is 4. The third kappa shape index (κ3) is 10.2. The fraction of sp³-hybridized carbons (Fsp3) is 0.588. The summed E-state index contributed by atoms with van der Waals surface area (Å²) in [6.45, 7) is 11.3. The maximum atomic E-state index is 14.5. The number of hydrogen-bond donors (Lipinski definition) is 0. The van der Waals surface area contributed by atoms with Crippen molar-refractivity contribution in [2.24, 2.45) is 0 Å². The number of piperidine rings is 2. The van der Waals surface area contributed by atoms with Gasteiger partial charge in [0, 0.05) is 24.9 Å². The fourth-order valence-corrected chi connectivity index (χ4v) is 5.37. The fourth-order valence-electron chi connectivity index (χ4n) is 5.37. The van der Waals surface area contributed by atoms with Crippen LogP contribution in [-0.2, 0) is 9.47 Å². The predicted octanol–water partition coefficient (Wildman–Crippen LogP) is 7.79. The molecule has 0 unspecified atom stereocenters. The van der Waals surface area contributed by atoms with Crippen LogP contribution in [0.1, 0.15) is 77.3 Å². The third-order valence-electron chi connectivity index (χ3n) is 7.59. The van der Waals surface area contributed by atoms with Crippen LogP contribution in [-0.4, -0.2) is 85.9 Å². The van der Waals surface area contributed by atoms with Crippen molar-refractivity contribution in [2.75, 3.05) is 40.4 Å². The lowest BCUT2D eigenvalue weighted by Crippen LogP contribution is -2.46. The maximum Gasteiger partial charge on any atom is 0.410 e. The summed E-state index contributed by atoms with van der Waals surface area (Å²) in [7, 11) is 2.77. The van der Waals surface area contributed by atoms with Crippen LogP contribution in [0.2, 0.25) is 0 Å². The highest BCUT2D eigenvalue weighted by Crippen LogP contribution is 2.34. The van der Waals surface area contributed by atoms with E-state index >= 15 is 0 Å². The second-order valence-electron chi connectivity index (χ2n) is 13.5. The molecule has 2 aliphatic heterocycles. The van der Waals surface area contributed by atoms with Gasteiger partial charge in [0.2, 0.25) is 0 Å². The van der Waals surface area contributed by atoms with Gasteiger partial charge in [0.05, 0.1) is 27.3 Å². The predicted molar refractivity (Wildman–Crippen MR) is 166 cm³/mol. The van der Waals surface area contributed by atoms with Gasteiger partial charge in [0.15, 0.2) is 23.1 Å². The molecule has 12 heteroatoms. The van der Waals surface area contributed by atoms with E-state index in [-0.39, 0.29) is 24.6 Å². The molecule has 0 aromatic heterocycles. The Hall–Kier alpha value is -3.70. The van der Waals surface area contributed by atoms with E-state index < -0.39 is 59.2 Å². The summed E-state index contributed by atoms with van der Waals surface area (Å²) in [4.78, 5) is 26.7. The third-order valence-corrected chi connectivity index (χ3v) is 7.59. The molecule has 2 aromatic rings. The van der Waals surface area contributed by atoms with Gasteiger partial charge >= 0.3 is 12.2 Å². The summed E-state index contributed by atoms with van der Waals surface area (Å²) < 4.78 is 76.8. The number of likely N-dealkylation sites (tertiary alicyclic amines) is 2. The summed E-state index contributed by atoms with van der Waals surface area (Å²) in [5.41, 5.74) is -0.0585. The van der Waals surface area contributed by atoms with Crippen LogP contribution in [0, 0.1) is 11.6 Å². The number of amides is 2. The van der Waals surface area contributed by atoms with Crippen molar-refractivity contribution in [3.05, 3.63) is 59.2 Å². The van der Waals surface area contributed by atoms with Crippen molar-refractivity contribution >= 4 is 12.2 Å². The van der Waals surface area contributed by atoms with E-state index in [1.807, 2.05) is 0 Å². The highest BCUT2D eigenvalue weighted by Gasteiger charge is 2.36. The van der Waals surface area contributed by atoms with Crippen molar-refractivity contribution in [1.29, 1.82) is 0 Å². The summed E-state index contributed by atoms with van der Waals surface area (Å²) >= 11 is 0. The number of alkyl halides is 2. The molecular weight excluding hydrogens is 608 g/mol. The van der Waals surface area contributed by atoms with Crippen LogP contribution in [0.4, 0.5) is 27.2 Å². The van der Waals surface area contributed by atoms with E-state index in [2.05, 4.69) is 0 Å². The number of methoxy groups -OCH3 is 2. The first-order chi connectivity index (χ1) is 21.4. The maximum absolute atomic E-state index is 14.5. The molecule has 2 heterocycles. The van der Waals surface area contributed by atoms with Crippen LogP contribution >= 0.6 is 0 Å². The number of hydrogen-bond acceptors (Lipinski definition) is 6. The summed E-state index contributed by atoms with van der Waals surface area (Å²) in [6, 6.07) is 8.94. The Labute approximate surface area is 268 Å². The van der Waals surface area contributed by atoms with Crippen LogP contribution in [0.25, 0.3) is 0 Å². The minimum Gasteiger partial charge on any atom is -0.494 e. The summed E-state index contributed by atoms with van der Waals surface area (Å²) in [6.07, 6.45) is -2.70. The molecule has 256 valence electrons. The van der Waals surface area contributed by atoms with Gasteiger partial charge in [-0.2, -0.15) is 0 Å². The Morgan fingerprint density at radius 1 is 0.674 bits per heavy atom. The van der Waals surface area contributed by atoms with Gasteiger partial charge in [-0.15, -0.1) is 0 Å². The van der Waals surface area contributed by atoms with Crippen molar-refractivity contribution in [3.63, 3.8) is 0 Å². The largest absolute Gasteiger partial charge is 0.494 e. The number of carbonyl (C=O) groups excluding carboxylic acids is 2. The van der Waals surface area contributed by atoms with Crippen LogP contribution in [0.5, 0.6) is 11.5 Å². The van der Waals surface area contributed by atoms with E-state index in [1.165, 1.54) is 48.3 Å². The van der Waals surface area contributed by atoms with E-state index in [0.29, 0.717) is 37.1 Å². The van der Waals surface area contributed by atoms with E-state index in [4.69, 9.17) is 18.9 Å². The molecule has 4 atom stereocenters. The molecule has 2 fully saturated rings. The monoisotopic (exact) mass is 654 g/mol. The normalized spacial score (nSPS) is 21.9. The topological polar surface area (TPSA) is 77.5 Å². The number of halogens is 4. The van der Waals surface area contributed by atoms with E-state index in [1.54, 1.807) is 53.7 Å². The van der Waals surface area contributed by atoms with Gasteiger partial charge < -0.3 is 28.7 Å². The minimum absolute atomic E-state index is 0.0484. The lowest BCUT2D eigenvalue weighted by Gasteiger charge is -2.35. The summed E-state index contributed by atoms with van der Waals surface area (Å²) in [5.74, 6) is -1.62. The Morgan fingerprint density at radius 3 is 1.28 bits per heavy atom. The number of nitrogens with zero attached hydrogens (tertiary/aromatic N) is 2. The second-order valence-corrected chi connectivity index (χ2v) is 13.5. The van der Waals surface area contributed by atoms with Gasteiger partial charge in [-0.1, -0.05) is 12.1 Å². The molecule has 0 saturated carbocycles. The molecule has 0 spiro atoms. The standard InChI is InChI=1S/2C17H23F2NO3/c2*1-17(2,3)23-16(21)20-8-7-12(14(19)10-20)11-5-6-15(22-4)13(18)9-11/h2*5-6,9,12,14H,7-8,10H2,1-4H3/t2*12-,14+/m10/s1. The zero-order valence-corrected chi connectivity index (χ0v) is 27.9. The molecule has 0 aliphatic carbocycles. The van der Waals surface area contributed by atoms with Gasteiger partial charge in [-0.25, -0.2) is 27.2 Å². The van der Waals surface area contributed by atoms with Crippen molar-refractivity contribution in [3.8, 4) is 11.5 Å². The van der Waals surface area contributed by atoms with Crippen LogP contribution < -0.4 is 9.47 Å². The average molecular weight is 655 g/mol. The second kappa shape index (κ2) is 15.3. The van der Waals surface area contributed by atoms with E-state index in [0.717, 1.165) is 0 Å². The molecular formula is C34H46F4N2O6. The minimum atomic E-state index is -1.26. The SMILES string of the molecule is COc1ccc([C@@H]2CCN(C(=O)OC(C)(C)C)C[C@H]2F)cc1F.COc1ccc([C@H]2CCN(C(=O)OC(C)(C)C)C[C@@H]2F)cc1F. The molecule has 4 rings (SSSR count). The zero-order chi connectivity index (χ0) is 34.4. The highest BCUT2D eigenvalue weighted by atomic mass is 19.1. The Balaban J connectivity index is 0.000000250. The molecule has 0 radical (unpaired) electrons. The number of rotatable bonds is 4. The molecule has 2 amide bonds. The first-order valence-corrected chi connectivity index (χ1v) is 15.3. The Kier molecular flexibility index (Phi) is 12.2. The number of benzene rings is 2. The van der Waals surface area contributed by atoms with Crippen molar-refractivity contribution < 1.29 is 46.1 Å². The van der Waals surface area contributed by atoms with Crippen LogP contribution in [0.3, 0.4) is 0 Å². The van der Waals surface area contributed by atoms with Gasteiger partial charge in [-0.05, 0) is 89.8 Å². The average Bonchev–Trinajstić information content (AvgIpc) is 2.95. The Morgan fingerprint density at radius 2 is 1.02 bits per heavy atom. The van der Waals surface area contributed by atoms with Crippen molar-refractivity contribution in [2.45, 2.75) is 89.8 Å². The number of carbonyl (C=O) groups is 2. The lowest BCUT2D eigenvalue weighted by molar-refractivity contribution is 0.0104. The van der Waals surface area contributed by atoms with E-state index in [9.17, 15) is 27.2 Å². The zero-order valence-electron chi connectivity index (χ0n) is 27.9. The lowest BCUT2D eigenvalue weighted by atomic mass is 9.88. The molecule has 2 saturated heterocycles. The first kappa shape index (κ1) is 36.8. The van der Waals surface area contributed by atoms with Gasteiger partial charge in [0.25, 0.3) is 0 Å². The van der Waals surface area contributed by atoms with Gasteiger partial charge in [-0.3, -0.25) is 0 Å². The molecule has 8 nitrogen and oxygen atoms in total. The molecule has 46 heavy (non-hydrogen) atoms. The smallest absolute Gasteiger partial charge is 0.410 e. The molecule has 0 N–H and O–H groups in total. The van der Waals surface area contributed by atoms with Crippen molar-refractivity contribution in [1.82, 2.24) is 9.80 Å². The Bertz CT molecular complexity index is 1240. The quantitative estimate of drug-likeness (QED) is 0.313. The molecule has 2 aromatic carbocycles. The highest BCUT2D eigenvalue weighted by molar-refractivity contribution is 5.69. The summed E-state index contributed by atoms with van der Waals surface area (Å²) in [5, 5.41) is 0. The molecule has 2 aliphatic rings. The van der Waals surface area contributed by atoms with Gasteiger partial charge in [0.1, 0.15) is 23.5 Å². The molecule has 0 bridgehead atoms. The van der Waals surface area contributed by atoms with Crippen LogP contribution in [0.15, 0.2) is 36.4 Å².